The summed E-state index contributed by atoms with van der Waals surface area (Å²) in [6.45, 7) is 2.12. The van der Waals surface area contributed by atoms with Gasteiger partial charge in [0.2, 0.25) is 0 Å². The second kappa shape index (κ2) is 2.46. The van der Waals surface area contributed by atoms with Gasteiger partial charge in [-0.15, -0.1) is 0 Å². The van der Waals surface area contributed by atoms with Gasteiger partial charge in [0.05, 0.1) is 6.10 Å². The van der Waals surface area contributed by atoms with E-state index in [1.165, 1.54) is 0 Å². The molecule has 2 unspecified atom stereocenters. The molecular formula is C6H12O2. The zero-order valence-corrected chi connectivity index (χ0v) is 5.39. The standard InChI is InChI=1S/C6H12O2/c1-3-5-4-6(7-2)8-5/h5-6H,3-4H2,1-2H3. The van der Waals surface area contributed by atoms with Gasteiger partial charge in [-0.1, -0.05) is 6.92 Å². The van der Waals surface area contributed by atoms with Crippen LogP contribution in [-0.2, 0) is 9.47 Å². The van der Waals surface area contributed by atoms with Crippen LogP contribution in [0.1, 0.15) is 19.8 Å². The molecule has 1 rings (SSSR count). The number of hydrogen-bond donors (Lipinski definition) is 0. The molecule has 0 spiro atoms. The molecule has 1 heterocycles. The van der Waals surface area contributed by atoms with Crippen LogP contribution in [0.25, 0.3) is 0 Å². The predicted molar refractivity (Wildman–Crippen MR) is 30.6 cm³/mol. The summed E-state index contributed by atoms with van der Waals surface area (Å²) < 4.78 is 10.1. The molecule has 1 fully saturated rings. The van der Waals surface area contributed by atoms with Crippen molar-refractivity contribution in [1.82, 2.24) is 0 Å². The maximum Gasteiger partial charge on any atom is 0.160 e. The van der Waals surface area contributed by atoms with Crippen LogP contribution >= 0.6 is 0 Å². The minimum atomic E-state index is 0.0972. The highest BCUT2D eigenvalue weighted by atomic mass is 16.7. The van der Waals surface area contributed by atoms with Crippen molar-refractivity contribution < 1.29 is 9.47 Å². The van der Waals surface area contributed by atoms with Gasteiger partial charge < -0.3 is 9.47 Å². The Labute approximate surface area is 49.8 Å². The van der Waals surface area contributed by atoms with Crippen molar-refractivity contribution in [1.29, 1.82) is 0 Å². The lowest BCUT2D eigenvalue weighted by atomic mass is 10.1. The SMILES string of the molecule is CCC1CC(OC)O1. The van der Waals surface area contributed by atoms with E-state index in [0.717, 1.165) is 12.8 Å². The highest BCUT2D eigenvalue weighted by Crippen LogP contribution is 2.22. The molecule has 8 heavy (non-hydrogen) atoms. The van der Waals surface area contributed by atoms with Gasteiger partial charge in [0.1, 0.15) is 0 Å². The second-order valence-corrected chi connectivity index (χ2v) is 2.07. The fraction of sp³-hybridized carbons (Fsp3) is 1.00. The molecule has 0 aliphatic carbocycles. The monoisotopic (exact) mass is 116 g/mol. The van der Waals surface area contributed by atoms with Gasteiger partial charge >= 0.3 is 0 Å². The first kappa shape index (κ1) is 6.05. The first-order valence-corrected chi connectivity index (χ1v) is 3.05. The summed E-state index contributed by atoms with van der Waals surface area (Å²) in [5, 5.41) is 0. The van der Waals surface area contributed by atoms with Gasteiger partial charge in [-0.05, 0) is 6.42 Å². The molecule has 1 aliphatic rings. The molecule has 0 aromatic heterocycles. The average molecular weight is 116 g/mol. The van der Waals surface area contributed by atoms with Crippen molar-refractivity contribution in [3.05, 3.63) is 0 Å². The van der Waals surface area contributed by atoms with Crippen molar-refractivity contribution in [2.75, 3.05) is 7.11 Å². The maximum absolute atomic E-state index is 5.22. The van der Waals surface area contributed by atoms with E-state index in [-0.39, 0.29) is 6.29 Å². The minimum absolute atomic E-state index is 0.0972. The van der Waals surface area contributed by atoms with Crippen molar-refractivity contribution >= 4 is 0 Å². The van der Waals surface area contributed by atoms with E-state index in [9.17, 15) is 0 Å². The zero-order valence-electron chi connectivity index (χ0n) is 5.39. The quantitative estimate of drug-likeness (QED) is 0.539. The number of methoxy groups -OCH3 is 1. The zero-order chi connectivity index (χ0) is 5.98. The Morgan fingerprint density at radius 1 is 1.75 bits per heavy atom. The lowest BCUT2D eigenvalue weighted by Gasteiger charge is -2.33. The summed E-state index contributed by atoms with van der Waals surface area (Å²) in [5.74, 6) is 0. The average Bonchev–Trinajstić information content (AvgIpc) is 1.65. The molecule has 1 aliphatic heterocycles. The number of hydrogen-bond acceptors (Lipinski definition) is 2. The Morgan fingerprint density at radius 2 is 2.38 bits per heavy atom. The summed E-state index contributed by atoms with van der Waals surface area (Å²) in [6.07, 6.45) is 2.76. The van der Waals surface area contributed by atoms with Crippen LogP contribution in [-0.4, -0.2) is 19.5 Å². The molecule has 2 heteroatoms. The van der Waals surface area contributed by atoms with Gasteiger partial charge in [0.25, 0.3) is 0 Å². The Balaban J connectivity index is 2.03. The number of rotatable bonds is 2. The Hall–Kier alpha value is -0.0800. The largest absolute Gasteiger partial charge is 0.356 e. The molecule has 0 saturated carbocycles. The van der Waals surface area contributed by atoms with Crippen molar-refractivity contribution in [2.45, 2.75) is 32.2 Å². The molecule has 0 aromatic carbocycles. The summed E-state index contributed by atoms with van der Waals surface area (Å²) in [4.78, 5) is 0. The van der Waals surface area contributed by atoms with Crippen LogP contribution in [0, 0.1) is 0 Å². The molecule has 0 radical (unpaired) electrons. The van der Waals surface area contributed by atoms with E-state index in [4.69, 9.17) is 9.47 Å². The Kier molecular flexibility index (Phi) is 1.86. The molecular weight excluding hydrogens is 104 g/mol. The Morgan fingerprint density at radius 3 is 2.75 bits per heavy atom. The lowest BCUT2D eigenvalue weighted by molar-refractivity contribution is -0.245. The van der Waals surface area contributed by atoms with Gasteiger partial charge in [0, 0.05) is 13.5 Å². The summed E-state index contributed by atoms with van der Waals surface area (Å²) in [5.41, 5.74) is 0. The second-order valence-electron chi connectivity index (χ2n) is 2.07. The molecule has 0 bridgehead atoms. The molecule has 2 atom stereocenters. The minimum Gasteiger partial charge on any atom is -0.356 e. The van der Waals surface area contributed by atoms with Crippen LogP contribution in [0.5, 0.6) is 0 Å². The van der Waals surface area contributed by atoms with E-state index >= 15 is 0 Å². The third kappa shape index (κ3) is 1.01. The summed E-state index contributed by atoms with van der Waals surface area (Å²) in [7, 11) is 1.68. The van der Waals surface area contributed by atoms with E-state index in [1.807, 2.05) is 0 Å². The van der Waals surface area contributed by atoms with Gasteiger partial charge in [-0.3, -0.25) is 0 Å². The normalized spacial score (nSPS) is 36.8. The van der Waals surface area contributed by atoms with Crippen molar-refractivity contribution in [3.8, 4) is 0 Å². The number of ether oxygens (including phenoxy) is 2. The molecule has 2 nitrogen and oxygen atoms in total. The third-order valence-corrected chi connectivity index (χ3v) is 1.52. The summed E-state index contributed by atoms with van der Waals surface area (Å²) in [6, 6.07) is 0. The van der Waals surface area contributed by atoms with Gasteiger partial charge in [-0.25, -0.2) is 0 Å². The maximum atomic E-state index is 5.22. The third-order valence-electron chi connectivity index (χ3n) is 1.52. The van der Waals surface area contributed by atoms with Crippen LogP contribution in [0.3, 0.4) is 0 Å². The summed E-state index contributed by atoms with van der Waals surface area (Å²) >= 11 is 0. The van der Waals surface area contributed by atoms with E-state index in [0.29, 0.717) is 6.10 Å². The fourth-order valence-corrected chi connectivity index (χ4v) is 0.833. The molecule has 48 valence electrons. The predicted octanol–water partition coefficient (Wildman–Crippen LogP) is 1.16. The van der Waals surface area contributed by atoms with Crippen LogP contribution in [0.2, 0.25) is 0 Å². The lowest BCUT2D eigenvalue weighted by Crippen LogP contribution is -2.37. The van der Waals surface area contributed by atoms with Crippen LogP contribution in [0.15, 0.2) is 0 Å². The fourth-order valence-electron chi connectivity index (χ4n) is 0.833. The Bertz CT molecular complexity index is 58.9. The molecule has 0 N–H and O–H groups in total. The molecule has 1 saturated heterocycles. The van der Waals surface area contributed by atoms with E-state index in [1.54, 1.807) is 7.11 Å². The van der Waals surface area contributed by atoms with Crippen LogP contribution in [0.4, 0.5) is 0 Å². The molecule has 0 amide bonds. The van der Waals surface area contributed by atoms with Crippen molar-refractivity contribution in [3.63, 3.8) is 0 Å². The van der Waals surface area contributed by atoms with Gasteiger partial charge in [-0.2, -0.15) is 0 Å². The highest BCUT2D eigenvalue weighted by Gasteiger charge is 2.27. The topological polar surface area (TPSA) is 18.5 Å². The van der Waals surface area contributed by atoms with Gasteiger partial charge in [0.15, 0.2) is 6.29 Å². The van der Waals surface area contributed by atoms with Crippen molar-refractivity contribution in [2.24, 2.45) is 0 Å². The first-order chi connectivity index (χ1) is 3.86. The smallest absolute Gasteiger partial charge is 0.160 e. The molecule has 0 aromatic rings. The van der Waals surface area contributed by atoms with E-state index in [2.05, 4.69) is 6.92 Å². The van der Waals surface area contributed by atoms with Crippen LogP contribution < -0.4 is 0 Å². The first-order valence-electron chi connectivity index (χ1n) is 3.05. The highest BCUT2D eigenvalue weighted by molar-refractivity contribution is 4.68. The van der Waals surface area contributed by atoms with E-state index < -0.39 is 0 Å².